The van der Waals surface area contributed by atoms with Crippen LogP contribution in [0.5, 0.6) is 0 Å². The molecular weight excluding hydrogens is 714 g/mol. The summed E-state index contributed by atoms with van der Waals surface area (Å²) in [6.07, 6.45) is 0.0655. The van der Waals surface area contributed by atoms with Crippen LogP contribution in [0, 0.1) is 11.6 Å². The van der Waals surface area contributed by atoms with Crippen LogP contribution in [0.2, 0.25) is 0 Å². The van der Waals surface area contributed by atoms with E-state index in [1.54, 1.807) is 12.1 Å². The van der Waals surface area contributed by atoms with Crippen LogP contribution < -0.4 is 19.5 Å². The van der Waals surface area contributed by atoms with Crippen LogP contribution in [0.15, 0.2) is 70.7 Å². The van der Waals surface area contributed by atoms with Crippen molar-refractivity contribution < 1.29 is 45.7 Å². The van der Waals surface area contributed by atoms with Crippen molar-refractivity contribution >= 4 is 44.9 Å². The van der Waals surface area contributed by atoms with Gasteiger partial charge in [-0.1, -0.05) is 12.1 Å². The van der Waals surface area contributed by atoms with Crippen molar-refractivity contribution in [2.24, 2.45) is 5.10 Å². The highest BCUT2D eigenvalue weighted by atomic mass is 32.2. The van der Waals surface area contributed by atoms with Gasteiger partial charge in [-0.15, -0.1) is 0 Å². The Labute approximate surface area is 306 Å². The predicted octanol–water partition coefficient (Wildman–Crippen LogP) is 3.91. The highest BCUT2D eigenvalue weighted by Gasteiger charge is 2.61. The molecule has 14 nitrogen and oxygen atoms in total. The number of carbonyl (C=O) groups is 2. The average Bonchev–Trinajstić information content (AvgIpc) is 3.48. The van der Waals surface area contributed by atoms with Gasteiger partial charge < -0.3 is 39.4 Å². The SMILES string of the molecule is COCCOCCOC(=O)[N+]1(S(=O)(=O)c2cc(F)cc(F)c2)N=C(NC(=O)c2ccc(N3CCN(C)CC3)cc2NC2CCOCC2)c2ccccc21. The first-order valence-electron chi connectivity index (χ1n) is 17.3. The number of quaternary nitrogens is 1. The summed E-state index contributed by atoms with van der Waals surface area (Å²) in [6, 6.07) is 13.1. The Morgan fingerprint density at radius 1 is 0.943 bits per heavy atom. The van der Waals surface area contributed by atoms with Crippen LogP contribution in [0.25, 0.3) is 0 Å². The Hall–Kier alpha value is -4.52. The largest absolute Gasteiger partial charge is 0.565 e. The molecule has 0 aromatic heterocycles. The highest BCUT2D eigenvalue weighted by molar-refractivity contribution is 7.91. The number of methoxy groups -OCH3 is 1. The maximum atomic E-state index is 14.5. The van der Waals surface area contributed by atoms with Crippen molar-refractivity contribution in [3.05, 3.63) is 83.4 Å². The van der Waals surface area contributed by atoms with Gasteiger partial charge in [0.2, 0.25) is 5.84 Å². The standard InChI is InChI=1S/C36H42F2N6O8S/c1-42-11-13-43(14-12-42)28-7-8-30(32(24-28)39-27-9-15-50-16-10-27)35(45)40-34-31-5-3-4-6-33(31)44(41-34,36(46)52-20-19-51-18-17-49-2)53(47,48)29-22-25(37)21-26(38)23-29/h3-8,21-24,27H,9-20H2,1-2H3,(H-,39,40,41,45)/p+1. The number of ether oxygens (including phenoxy) is 4. The first kappa shape index (κ1) is 38.2. The predicted molar refractivity (Wildman–Crippen MR) is 193 cm³/mol. The number of halogens is 2. The molecule has 6 rings (SSSR count). The van der Waals surface area contributed by atoms with E-state index in [0.29, 0.717) is 37.1 Å². The molecule has 3 aromatic carbocycles. The van der Waals surface area contributed by atoms with Crippen molar-refractivity contribution in [2.75, 3.05) is 90.2 Å². The Balaban J connectivity index is 1.38. The molecule has 1 unspecified atom stereocenters. The van der Waals surface area contributed by atoms with Crippen LogP contribution in [-0.4, -0.2) is 117 Å². The Morgan fingerprint density at radius 3 is 2.36 bits per heavy atom. The number of carbonyl (C=O) groups excluding carboxylic acids is 2. The molecule has 17 heteroatoms. The number of benzene rings is 3. The number of amidine groups is 1. The van der Waals surface area contributed by atoms with Gasteiger partial charge in [0.25, 0.3) is 5.91 Å². The summed E-state index contributed by atoms with van der Waals surface area (Å²) in [7, 11) is -1.58. The zero-order valence-electron chi connectivity index (χ0n) is 29.6. The van der Waals surface area contributed by atoms with Crippen LogP contribution in [0.1, 0.15) is 28.8 Å². The minimum absolute atomic E-state index is 0.0388. The fourth-order valence-electron chi connectivity index (χ4n) is 6.40. The van der Waals surface area contributed by atoms with Crippen LogP contribution in [0.4, 0.5) is 30.6 Å². The fourth-order valence-corrected chi connectivity index (χ4v) is 8.08. The third kappa shape index (κ3) is 8.19. The number of hydrogen-bond donors (Lipinski definition) is 2. The lowest BCUT2D eigenvalue weighted by Crippen LogP contribution is -2.53. The summed E-state index contributed by atoms with van der Waals surface area (Å²) < 4.78 is 77.2. The summed E-state index contributed by atoms with van der Waals surface area (Å²) in [5.74, 6) is -3.26. The number of para-hydroxylation sites is 1. The Bertz CT molecular complexity index is 1930. The summed E-state index contributed by atoms with van der Waals surface area (Å²) in [4.78, 5) is 31.9. The van der Waals surface area contributed by atoms with E-state index in [0.717, 1.165) is 44.7 Å². The van der Waals surface area contributed by atoms with E-state index < -0.39 is 42.6 Å². The normalized spacial score (nSPS) is 19.4. The van der Waals surface area contributed by atoms with Gasteiger partial charge in [0.15, 0.2) is 5.69 Å². The van der Waals surface area contributed by atoms with Gasteiger partial charge in [0, 0.05) is 80.0 Å². The molecule has 2 fully saturated rings. The van der Waals surface area contributed by atoms with Gasteiger partial charge >= 0.3 is 16.1 Å². The van der Waals surface area contributed by atoms with Crippen molar-refractivity contribution in [3.8, 4) is 0 Å². The number of amides is 2. The summed E-state index contributed by atoms with van der Waals surface area (Å²) in [5.41, 5.74) is 1.62. The number of nitrogens with zero attached hydrogens (tertiary/aromatic N) is 4. The first-order chi connectivity index (χ1) is 25.5. The summed E-state index contributed by atoms with van der Waals surface area (Å²) in [5, 5.41) is 10.6. The van der Waals surface area contributed by atoms with Crippen molar-refractivity contribution in [1.29, 1.82) is 0 Å². The Morgan fingerprint density at radius 2 is 1.64 bits per heavy atom. The van der Waals surface area contributed by atoms with E-state index >= 15 is 0 Å². The second-order valence-corrected chi connectivity index (χ2v) is 14.8. The Kier molecular flexibility index (Phi) is 12.0. The average molecular weight is 758 g/mol. The number of piperazine rings is 1. The smallest absolute Gasteiger partial charge is 0.415 e. The van der Waals surface area contributed by atoms with E-state index in [9.17, 15) is 26.8 Å². The molecular formula is C36H43F2N6O8S+. The summed E-state index contributed by atoms with van der Waals surface area (Å²) in [6.45, 7) is 4.52. The molecule has 0 bridgehead atoms. The lowest BCUT2D eigenvalue weighted by atomic mass is 10.1. The molecule has 1 atom stereocenters. The quantitative estimate of drug-likeness (QED) is 0.205. The second kappa shape index (κ2) is 16.7. The number of nitrogens with one attached hydrogen (secondary N) is 2. The molecule has 53 heavy (non-hydrogen) atoms. The molecule has 2 N–H and O–H groups in total. The van der Waals surface area contributed by atoms with Crippen molar-refractivity contribution in [2.45, 2.75) is 23.8 Å². The minimum Gasteiger partial charge on any atom is -0.415 e. The molecule has 3 aromatic rings. The molecule has 0 aliphatic carbocycles. The second-order valence-electron chi connectivity index (χ2n) is 12.8. The number of hydrogen-bond acceptors (Lipinski definition) is 12. The van der Waals surface area contributed by atoms with Gasteiger partial charge in [-0.25, -0.2) is 8.78 Å². The lowest BCUT2D eigenvalue weighted by molar-refractivity contribution is 0.0386. The molecule has 3 heterocycles. The highest BCUT2D eigenvalue weighted by Crippen LogP contribution is 2.42. The number of rotatable bonds is 12. The lowest BCUT2D eigenvalue weighted by Gasteiger charge is -2.34. The maximum absolute atomic E-state index is 14.5. The van der Waals surface area contributed by atoms with E-state index in [1.807, 2.05) is 12.1 Å². The maximum Gasteiger partial charge on any atom is 0.565 e. The van der Waals surface area contributed by atoms with Crippen molar-refractivity contribution in [1.82, 2.24) is 14.2 Å². The van der Waals surface area contributed by atoms with E-state index in [4.69, 9.17) is 18.9 Å². The first-order valence-corrected chi connectivity index (χ1v) is 18.7. The minimum atomic E-state index is -5.14. The van der Waals surface area contributed by atoms with Crippen LogP contribution in [-0.2, 0) is 29.0 Å². The fraction of sp³-hybridized carbons (Fsp3) is 0.417. The molecule has 2 amide bonds. The molecule has 2 saturated heterocycles. The topological polar surface area (TPSA) is 148 Å². The number of fused-ring (bicyclic) bond motifs is 1. The van der Waals surface area contributed by atoms with Gasteiger partial charge in [-0.3, -0.25) is 4.79 Å². The number of anilines is 2. The van der Waals surface area contributed by atoms with Crippen LogP contribution >= 0.6 is 0 Å². The van der Waals surface area contributed by atoms with E-state index in [2.05, 4.69) is 32.6 Å². The van der Waals surface area contributed by atoms with Gasteiger partial charge in [0.05, 0.1) is 30.9 Å². The molecule has 3 aliphatic heterocycles. The third-order valence-corrected chi connectivity index (χ3v) is 11.2. The van der Waals surface area contributed by atoms with Crippen molar-refractivity contribution in [3.63, 3.8) is 0 Å². The zero-order chi connectivity index (χ0) is 37.6. The molecule has 284 valence electrons. The van der Waals surface area contributed by atoms with Gasteiger partial charge in [-0.2, -0.15) is 13.2 Å². The van der Waals surface area contributed by atoms with Crippen LogP contribution in [0.3, 0.4) is 0 Å². The molecule has 3 aliphatic rings. The molecule has 0 saturated carbocycles. The van der Waals surface area contributed by atoms with E-state index in [1.165, 1.54) is 25.3 Å². The number of sulfonamides is 1. The zero-order valence-corrected chi connectivity index (χ0v) is 30.4. The van der Waals surface area contributed by atoms with Gasteiger partial charge in [0.1, 0.15) is 23.1 Å². The molecule has 0 radical (unpaired) electrons. The molecule has 0 spiro atoms. The summed E-state index contributed by atoms with van der Waals surface area (Å²) >= 11 is 0. The van der Waals surface area contributed by atoms with Gasteiger partial charge in [-0.05, 0) is 61.4 Å². The monoisotopic (exact) mass is 757 g/mol. The van der Waals surface area contributed by atoms with E-state index in [-0.39, 0.29) is 55.1 Å². The third-order valence-electron chi connectivity index (χ3n) is 9.27. The number of likely N-dealkylation sites (N-methyl/N-ethyl adjacent to an activating group) is 1.